The van der Waals surface area contributed by atoms with Crippen LogP contribution in [0.5, 0.6) is 0 Å². The van der Waals surface area contributed by atoms with E-state index in [1.807, 2.05) is 30.3 Å². The van der Waals surface area contributed by atoms with Crippen molar-refractivity contribution in [3.8, 4) is 0 Å². The lowest BCUT2D eigenvalue weighted by molar-refractivity contribution is -0.146. The van der Waals surface area contributed by atoms with Crippen LogP contribution in [0.4, 0.5) is 0 Å². The van der Waals surface area contributed by atoms with Crippen molar-refractivity contribution in [2.24, 2.45) is 5.73 Å². The summed E-state index contributed by atoms with van der Waals surface area (Å²) in [5.41, 5.74) is 6.40. The number of nitrogens with two attached hydrogens (primary N) is 1. The fourth-order valence-corrected chi connectivity index (χ4v) is 3.95. The molecule has 5 N–H and O–H groups in total. The van der Waals surface area contributed by atoms with Crippen LogP contribution in [0.2, 0.25) is 0 Å². The van der Waals surface area contributed by atoms with Gasteiger partial charge in [-0.2, -0.15) is 0 Å². The summed E-state index contributed by atoms with van der Waals surface area (Å²) in [4.78, 5) is 21.2. The molecule has 0 saturated carbocycles. The molecular formula is C29H52N2O4. The van der Waals surface area contributed by atoms with Crippen LogP contribution in [0.25, 0.3) is 0 Å². The zero-order valence-electron chi connectivity index (χ0n) is 22.2. The summed E-state index contributed by atoms with van der Waals surface area (Å²) in [6.07, 6.45) is 22.4. The fraction of sp³-hybridized carbons (Fsp3) is 0.724. The Hall–Kier alpha value is -1.92. The number of carboxylic acids is 2. The summed E-state index contributed by atoms with van der Waals surface area (Å²) in [7, 11) is 0. The average molecular weight is 493 g/mol. The molecule has 0 aromatic heterocycles. The predicted molar refractivity (Wildman–Crippen MR) is 146 cm³/mol. The van der Waals surface area contributed by atoms with E-state index in [1.165, 1.54) is 103 Å². The second-order valence-electron chi connectivity index (χ2n) is 9.45. The van der Waals surface area contributed by atoms with Gasteiger partial charge in [0.1, 0.15) is 6.04 Å². The van der Waals surface area contributed by atoms with Gasteiger partial charge < -0.3 is 15.9 Å². The van der Waals surface area contributed by atoms with E-state index in [-0.39, 0.29) is 0 Å². The van der Waals surface area contributed by atoms with Crippen LogP contribution in [-0.2, 0) is 16.1 Å². The number of benzene rings is 1. The maximum Gasteiger partial charge on any atom is 0.321 e. The molecule has 35 heavy (non-hydrogen) atoms. The molecule has 0 fully saturated rings. The van der Waals surface area contributed by atoms with Crippen molar-refractivity contribution in [3.05, 3.63) is 35.9 Å². The molecule has 0 aliphatic carbocycles. The third kappa shape index (κ3) is 23.6. The van der Waals surface area contributed by atoms with Gasteiger partial charge in [-0.1, -0.05) is 134 Å². The van der Waals surface area contributed by atoms with E-state index in [1.54, 1.807) is 0 Å². The second kappa shape index (κ2) is 25.2. The van der Waals surface area contributed by atoms with E-state index < -0.39 is 24.4 Å². The Morgan fingerprint density at radius 3 is 1.54 bits per heavy atom. The Morgan fingerprint density at radius 2 is 1.17 bits per heavy atom. The summed E-state index contributed by atoms with van der Waals surface area (Å²) in [6.45, 7) is 3.50. The average Bonchev–Trinajstić information content (AvgIpc) is 2.85. The van der Waals surface area contributed by atoms with Crippen LogP contribution in [0.15, 0.2) is 30.3 Å². The highest BCUT2D eigenvalue weighted by molar-refractivity contribution is 5.80. The fourth-order valence-electron chi connectivity index (χ4n) is 3.95. The largest absolute Gasteiger partial charge is 0.481 e. The smallest absolute Gasteiger partial charge is 0.321 e. The van der Waals surface area contributed by atoms with E-state index in [0.29, 0.717) is 6.54 Å². The van der Waals surface area contributed by atoms with Crippen molar-refractivity contribution >= 4 is 11.9 Å². The third-order valence-corrected chi connectivity index (χ3v) is 6.13. The Bertz CT molecular complexity index is 594. The number of carbonyl (C=O) groups is 2. The third-order valence-electron chi connectivity index (χ3n) is 6.13. The van der Waals surface area contributed by atoms with Gasteiger partial charge in [0.15, 0.2) is 0 Å². The van der Waals surface area contributed by atoms with E-state index in [0.717, 1.165) is 12.1 Å². The van der Waals surface area contributed by atoms with Crippen molar-refractivity contribution in [2.75, 3.05) is 6.54 Å². The highest BCUT2D eigenvalue weighted by atomic mass is 16.4. The number of hydrogen-bond donors (Lipinski definition) is 4. The van der Waals surface area contributed by atoms with Crippen LogP contribution < -0.4 is 11.1 Å². The Balaban J connectivity index is 0.000000669. The molecular weight excluding hydrogens is 440 g/mol. The summed E-state index contributed by atoms with van der Waals surface area (Å²) in [5.74, 6) is -2.29. The molecule has 0 aliphatic heterocycles. The maximum atomic E-state index is 10.7. The molecule has 6 nitrogen and oxygen atoms in total. The highest BCUT2D eigenvalue weighted by Gasteiger charge is 2.19. The molecule has 1 aromatic rings. The first-order chi connectivity index (χ1) is 17.0. The Kier molecular flexibility index (Phi) is 23.8. The van der Waals surface area contributed by atoms with Gasteiger partial charge in [0.05, 0.1) is 6.42 Å². The molecule has 0 aliphatic rings. The molecule has 0 heterocycles. The molecule has 0 saturated heterocycles. The number of hydrogen-bond acceptors (Lipinski definition) is 4. The molecule has 0 unspecified atom stereocenters. The van der Waals surface area contributed by atoms with Gasteiger partial charge in [-0.05, 0) is 18.5 Å². The van der Waals surface area contributed by atoms with Gasteiger partial charge >= 0.3 is 11.9 Å². The first kappa shape index (κ1) is 33.1. The van der Waals surface area contributed by atoms with Crippen LogP contribution in [0.1, 0.15) is 122 Å². The summed E-state index contributed by atoms with van der Waals surface area (Å²) < 4.78 is 0. The zero-order chi connectivity index (χ0) is 26.0. The van der Waals surface area contributed by atoms with Gasteiger partial charge in [0.25, 0.3) is 0 Å². The molecule has 0 spiro atoms. The van der Waals surface area contributed by atoms with Crippen LogP contribution in [0.3, 0.4) is 0 Å². The molecule has 202 valence electrons. The first-order valence-corrected chi connectivity index (χ1v) is 13.9. The summed E-state index contributed by atoms with van der Waals surface area (Å²) >= 11 is 0. The van der Waals surface area contributed by atoms with Gasteiger partial charge in [-0.25, -0.2) is 0 Å². The van der Waals surface area contributed by atoms with Crippen molar-refractivity contribution < 1.29 is 19.8 Å². The maximum absolute atomic E-state index is 10.7. The zero-order valence-corrected chi connectivity index (χ0v) is 22.2. The SMILES string of the molecule is CCCCCCCCCCCCCCCCCCN.O=C(O)C[C@H](NCc1ccccc1)C(=O)O. The minimum absolute atomic E-state index is 0.338. The van der Waals surface area contributed by atoms with Crippen molar-refractivity contribution in [1.82, 2.24) is 5.32 Å². The minimum atomic E-state index is -1.15. The van der Waals surface area contributed by atoms with Crippen LogP contribution >= 0.6 is 0 Å². The van der Waals surface area contributed by atoms with E-state index in [2.05, 4.69) is 12.2 Å². The normalized spacial score (nSPS) is 11.5. The van der Waals surface area contributed by atoms with Crippen LogP contribution in [-0.4, -0.2) is 34.7 Å². The Morgan fingerprint density at radius 1 is 0.743 bits per heavy atom. The standard InChI is InChI=1S/C18H39N.C11H13NO4/c1-2-3-4-5-6-7-8-9-10-11-12-13-14-15-16-17-18-19;13-10(14)6-9(11(15)16)12-7-8-4-2-1-3-5-8/h2-19H2,1H3;1-5,9,12H,6-7H2,(H,13,14)(H,15,16)/t;9-/m.0/s1. The quantitative estimate of drug-likeness (QED) is 0.131. The van der Waals surface area contributed by atoms with Gasteiger partial charge in [-0.3, -0.25) is 14.9 Å². The van der Waals surface area contributed by atoms with E-state index in [4.69, 9.17) is 15.9 Å². The monoisotopic (exact) mass is 492 g/mol. The van der Waals surface area contributed by atoms with Crippen LogP contribution in [0, 0.1) is 0 Å². The molecule has 0 amide bonds. The van der Waals surface area contributed by atoms with E-state index in [9.17, 15) is 9.59 Å². The van der Waals surface area contributed by atoms with E-state index >= 15 is 0 Å². The molecule has 1 aromatic carbocycles. The number of rotatable bonds is 22. The van der Waals surface area contributed by atoms with Gasteiger partial charge in [0.2, 0.25) is 0 Å². The first-order valence-electron chi connectivity index (χ1n) is 13.9. The predicted octanol–water partition coefficient (Wildman–Crippen LogP) is 6.91. The topological polar surface area (TPSA) is 113 Å². The highest BCUT2D eigenvalue weighted by Crippen LogP contribution is 2.13. The lowest BCUT2D eigenvalue weighted by Gasteiger charge is -2.11. The number of carboxylic acid groups (broad SMARTS) is 2. The lowest BCUT2D eigenvalue weighted by atomic mass is 10.0. The number of nitrogens with one attached hydrogen (secondary N) is 1. The molecule has 0 bridgehead atoms. The van der Waals surface area contributed by atoms with Gasteiger partial charge in [-0.15, -0.1) is 0 Å². The summed E-state index contributed by atoms with van der Waals surface area (Å²) in [6, 6.07) is 8.15. The van der Waals surface area contributed by atoms with Crippen molar-refractivity contribution in [2.45, 2.75) is 129 Å². The number of unbranched alkanes of at least 4 members (excludes halogenated alkanes) is 15. The lowest BCUT2D eigenvalue weighted by Crippen LogP contribution is -2.38. The molecule has 1 rings (SSSR count). The van der Waals surface area contributed by atoms with Crippen molar-refractivity contribution in [1.29, 1.82) is 0 Å². The molecule has 6 heteroatoms. The minimum Gasteiger partial charge on any atom is -0.481 e. The molecule has 1 atom stereocenters. The summed E-state index contributed by atoms with van der Waals surface area (Å²) in [5, 5.41) is 20.0. The molecule has 0 radical (unpaired) electrons. The second-order valence-corrected chi connectivity index (χ2v) is 9.45. The van der Waals surface area contributed by atoms with Gasteiger partial charge in [0, 0.05) is 6.54 Å². The number of aliphatic carboxylic acids is 2. The van der Waals surface area contributed by atoms with Crippen molar-refractivity contribution in [3.63, 3.8) is 0 Å². The Labute approximate surface area is 214 Å².